The molecule has 2 heteroatoms. The molecule has 1 aromatic rings. The fraction of sp³-hybridized carbons (Fsp3) is 0.357. The average Bonchev–Trinajstić information content (AvgIpc) is 3.09. The molecule has 0 aromatic heterocycles. The lowest BCUT2D eigenvalue weighted by Gasteiger charge is -2.08. The van der Waals surface area contributed by atoms with Crippen molar-refractivity contribution in [2.45, 2.75) is 19.8 Å². The molecule has 2 rings (SSSR count). The van der Waals surface area contributed by atoms with Gasteiger partial charge in [0.05, 0.1) is 5.56 Å². The van der Waals surface area contributed by atoms with E-state index in [1.165, 1.54) is 12.8 Å². The van der Waals surface area contributed by atoms with Gasteiger partial charge in [-0.25, -0.2) is 0 Å². The summed E-state index contributed by atoms with van der Waals surface area (Å²) in [6.45, 7) is 2.70. The fourth-order valence-electron chi connectivity index (χ4n) is 1.70. The highest BCUT2D eigenvalue weighted by Gasteiger charge is 2.22. The summed E-state index contributed by atoms with van der Waals surface area (Å²) >= 11 is 0. The zero-order valence-corrected chi connectivity index (χ0v) is 9.42. The number of nitrogens with one attached hydrogen (secondary N) is 1. The average molecular weight is 213 g/mol. The van der Waals surface area contributed by atoms with Crippen LogP contribution in [0.5, 0.6) is 0 Å². The molecule has 1 amide bonds. The molecule has 0 atom stereocenters. The van der Waals surface area contributed by atoms with Gasteiger partial charge in [-0.15, -0.1) is 6.42 Å². The Hall–Kier alpha value is -1.75. The van der Waals surface area contributed by atoms with E-state index in [0.717, 1.165) is 12.1 Å². The monoisotopic (exact) mass is 213 g/mol. The van der Waals surface area contributed by atoms with Crippen molar-refractivity contribution in [3.63, 3.8) is 0 Å². The molecule has 1 aliphatic carbocycles. The van der Waals surface area contributed by atoms with Gasteiger partial charge in [0, 0.05) is 12.1 Å². The van der Waals surface area contributed by atoms with E-state index in [1.54, 1.807) is 6.07 Å². The van der Waals surface area contributed by atoms with E-state index < -0.39 is 0 Å². The third-order valence-electron chi connectivity index (χ3n) is 2.91. The number of hydrogen-bond acceptors (Lipinski definition) is 1. The summed E-state index contributed by atoms with van der Waals surface area (Å²) in [6.07, 6.45) is 7.89. The van der Waals surface area contributed by atoms with Crippen LogP contribution in [0.3, 0.4) is 0 Å². The molecule has 0 saturated heterocycles. The van der Waals surface area contributed by atoms with E-state index in [-0.39, 0.29) is 5.91 Å². The molecule has 0 bridgehead atoms. The van der Waals surface area contributed by atoms with Gasteiger partial charge in [-0.2, -0.15) is 0 Å². The molecule has 2 nitrogen and oxygen atoms in total. The topological polar surface area (TPSA) is 29.1 Å². The van der Waals surface area contributed by atoms with Gasteiger partial charge < -0.3 is 5.32 Å². The summed E-state index contributed by atoms with van der Waals surface area (Å²) in [7, 11) is 0. The molecular weight excluding hydrogens is 198 g/mol. The summed E-state index contributed by atoms with van der Waals surface area (Å²) in [5, 5.41) is 2.93. The molecule has 0 aliphatic heterocycles. The number of benzene rings is 1. The molecule has 0 unspecified atom stereocenters. The van der Waals surface area contributed by atoms with E-state index in [1.807, 2.05) is 19.1 Å². The van der Waals surface area contributed by atoms with Gasteiger partial charge in [-0.3, -0.25) is 4.79 Å². The normalized spacial score (nSPS) is 14.2. The van der Waals surface area contributed by atoms with E-state index in [4.69, 9.17) is 6.42 Å². The van der Waals surface area contributed by atoms with Gasteiger partial charge >= 0.3 is 0 Å². The molecule has 82 valence electrons. The Morgan fingerprint density at radius 3 is 2.94 bits per heavy atom. The minimum absolute atomic E-state index is 0.0523. The first-order chi connectivity index (χ1) is 7.72. The molecule has 1 aromatic carbocycles. The van der Waals surface area contributed by atoms with Crippen LogP contribution in [0, 0.1) is 25.2 Å². The molecule has 0 heterocycles. The number of hydrogen-bond donors (Lipinski definition) is 1. The van der Waals surface area contributed by atoms with E-state index in [0.29, 0.717) is 17.0 Å². The van der Waals surface area contributed by atoms with Crippen LogP contribution in [0.25, 0.3) is 0 Å². The minimum atomic E-state index is -0.0523. The van der Waals surface area contributed by atoms with Crippen molar-refractivity contribution < 1.29 is 4.79 Å². The third-order valence-corrected chi connectivity index (χ3v) is 2.91. The van der Waals surface area contributed by atoms with Crippen molar-refractivity contribution in [3.8, 4) is 12.3 Å². The maximum Gasteiger partial charge on any atom is 0.252 e. The molecule has 1 aliphatic rings. The first-order valence-corrected chi connectivity index (χ1v) is 5.57. The SMILES string of the molecule is C#Cc1c(C)cccc1C(=O)NCC1CC1. The second-order valence-corrected chi connectivity index (χ2v) is 4.30. The van der Waals surface area contributed by atoms with Gasteiger partial charge in [0.2, 0.25) is 0 Å². The smallest absolute Gasteiger partial charge is 0.252 e. The van der Waals surface area contributed by atoms with Crippen molar-refractivity contribution in [1.82, 2.24) is 5.32 Å². The molecule has 0 radical (unpaired) electrons. The number of carbonyl (C=O) groups excluding carboxylic acids is 1. The first kappa shape index (κ1) is 10.8. The fourth-order valence-corrected chi connectivity index (χ4v) is 1.70. The zero-order valence-electron chi connectivity index (χ0n) is 9.42. The number of amides is 1. The van der Waals surface area contributed by atoms with Crippen LogP contribution < -0.4 is 5.32 Å². The van der Waals surface area contributed by atoms with E-state index in [2.05, 4.69) is 11.2 Å². The molecule has 1 saturated carbocycles. The van der Waals surface area contributed by atoms with Crippen molar-refractivity contribution in [1.29, 1.82) is 0 Å². The highest BCUT2D eigenvalue weighted by molar-refractivity contribution is 5.97. The van der Waals surface area contributed by atoms with Crippen LogP contribution in [0.1, 0.15) is 34.3 Å². The highest BCUT2D eigenvalue weighted by Crippen LogP contribution is 2.27. The second-order valence-electron chi connectivity index (χ2n) is 4.30. The Kier molecular flexibility index (Phi) is 2.96. The molecule has 1 fully saturated rings. The van der Waals surface area contributed by atoms with Crippen LogP contribution >= 0.6 is 0 Å². The van der Waals surface area contributed by atoms with Crippen LogP contribution in [-0.4, -0.2) is 12.5 Å². The largest absolute Gasteiger partial charge is 0.352 e. The maximum atomic E-state index is 11.9. The lowest BCUT2D eigenvalue weighted by Crippen LogP contribution is -2.26. The van der Waals surface area contributed by atoms with Crippen LogP contribution in [0.4, 0.5) is 0 Å². The van der Waals surface area contributed by atoms with Crippen molar-refractivity contribution in [2.24, 2.45) is 5.92 Å². The summed E-state index contributed by atoms with van der Waals surface area (Å²) in [6, 6.07) is 5.57. The van der Waals surface area contributed by atoms with Crippen LogP contribution in [0.15, 0.2) is 18.2 Å². The molecule has 1 N–H and O–H groups in total. The molecular formula is C14H15NO. The minimum Gasteiger partial charge on any atom is -0.352 e. The number of carbonyl (C=O) groups is 1. The predicted molar refractivity (Wildman–Crippen MR) is 64.2 cm³/mol. The van der Waals surface area contributed by atoms with Crippen molar-refractivity contribution >= 4 is 5.91 Å². The van der Waals surface area contributed by atoms with Gasteiger partial charge in [0.15, 0.2) is 0 Å². The van der Waals surface area contributed by atoms with Crippen LogP contribution in [-0.2, 0) is 0 Å². The predicted octanol–water partition coefficient (Wildman–Crippen LogP) is 2.12. The lowest BCUT2D eigenvalue weighted by molar-refractivity contribution is 0.0951. The van der Waals surface area contributed by atoms with Crippen molar-refractivity contribution in [3.05, 3.63) is 34.9 Å². The molecule has 0 spiro atoms. The van der Waals surface area contributed by atoms with Gasteiger partial charge in [-0.05, 0) is 37.3 Å². The van der Waals surface area contributed by atoms with Crippen LogP contribution in [0.2, 0.25) is 0 Å². The summed E-state index contributed by atoms with van der Waals surface area (Å²) < 4.78 is 0. The zero-order chi connectivity index (χ0) is 11.5. The number of aryl methyl sites for hydroxylation is 1. The van der Waals surface area contributed by atoms with Gasteiger partial charge in [-0.1, -0.05) is 18.1 Å². The van der Waals surface area contributed by atoms with E-state index in [9.17, 15) is 4.79 Å². The Balaban J connectivity index is 2.15. The number of rotatable bonds is 3. The lowest BCUT2D eigenvalue weighted by atomic mass is 10.0. The molecule has 16 heavy (non-hydrogen) atoms. The quantitative estimate of drug-likeness (QED) is 0.765. The van der Waals surface area contributed by atoms with Crippen molar-refractivity contribution in [2.75, 3.05) is 6.54 Å². The second kappa shape index (κ2) is 4.40. The standard InChI is InChI=1S/C14H15NO/c1-3-12-10(2)5-4-6-13(12)14(16)15-9-11-7-8-11/h1,4-6,11H,7-9H2,2H3,(H,15,16). The summed E-state index contributed by atoms with van der Waals surface area (Å²) in [5.74, 6) is 3.22. The number of terminal acetylenes is 1. The van der Waals surface area contributed by atoms with Gasteiger partial charge in [0.25, 0.3) is 5.91 Å². The highest BCUT2D eigenvalue weighted by atomic mass is 16.1. The van der Waals surface area contributed by atoms with Gasteiger partial charge in [0.1, 0.15) is 0 Å². The maximum absolute atomic E-state index is 11.9. The third kappa shape index (κ3) is 2.25. The summed E-state index contributed by atoms with van der Waals surface area (Å²) in [4.78, 5) is 11.9. The first-order valence-electron chi connectivity index (χ1n) is 5.57. The Bertz CT molecular complexity index is 452. The summed E-state index contributed by atoms with van der Waals surface area (Å²) in [5.41, 5.74) is 2.29. The Morgan fingerprint density at radius 1 is 1.56 bits per heavy atom. The Labute approximate surface area is 96.1 Å². The Morgan fingerprint density at radius 2 is 2.31 bits per heavy atom. The van der Waals surface area contributed by atoms with E-state index >= 15 is 0 Å².